The van der Waals surface area contributed by atoms with Gasteiger partial charge in [-0.1, -0.05) is 18.9 Å². The molecule has 0 aromatic carbocycles. The first-order valence-electron chi connectivity index (χ1n) is 14.6. The lowest BCUT2D eigenvalue weighted by molar-refractivity contribution is -0.143. The Kier molecular flexibility index (Phi) is 14.9. The molecule has 2 atom stereocenters. The Labute approximate surface area is 264 Å². The number of ether oxygens (including phenoxy) is 2. The summed E-state index contributed by atoms with van der Waals surface area (Å²) in [6, 6.07) is 1.79. The molecule has 1 aromatic heterocycles. The number of alkyl halides is 2. The molecule has 0 spiro atoms. The molecule has 19 heteroatoms. The minimum absolute atomic E-state index is 0.166. The predicted molar refractivity (Wildman–Crippen MR) is 158 cm³/mol. The van der Waals surface area contributed by atoms with Crippen LogP contribution < -0.4 is 5.32 Å². The SMILES string of the molecule is CCOC(=O)CCCCCCN1C(=O)CC[C@@H]1C=C[C@@H](OC(=O)NCCCC(O)(P(=O)(O)O)P(=O)(O)O)C(F)(F)c1cccnc1. The van der Waals surface area contributed by atoms with Gasteiger partial charge in [-0.2, -0.15) is 8.78 Å². The van der Waals surface area contributed by atoms with Gasteiger partial charge in [-0.05, 0) is 50.8 Å². The van der Waals surface area contributed by atoms with Gasteiger partial charge in [0, 0.05) is 50.3 Å². The summed E-state index contributed by atoms with van der Waals surface area (Å²) in [7, 11) is -11.4. The smallest absolute Gasteiger partial charge is 0.407 e. The predicted octanol–water partition coefficient (Wildman–Crippen LogP) is 3.11. The number of alkyl carbamates (subject to hydrolysis) is 1. The second kappa shape index (κ2) is 17.4. The van der Waals surface area contributed by atoms with Crippen molar-refractivity contribution in [2.45, 2.75) is 87.9 Å². The van der Waals surface area contributed by atoms with Crippen LogP contribution in [0.4, 0.5) is 13.6 Å². The lowest BCUT2D eigenvalue weighted by Crippen LogP contribution is -2.39. The Hall–Kier alpha value is -2.78. The molecule has 2 heterocycles. The van der Waals surface area contributed by atoms with E-state index in [1.54, 1.807) is 11.8 Å². The van der Waals surface area contributed by atoms with Gasteiger partial charge >= 0.3 is 33.2 Å². The highest BCUT2D eigenvalue weighted by Gasteiger charge is 2.58. The number of amides is 2. The molecule has 0 aliphatic carbocycles. The summed E-state index contributed by atoms with van der Waals surface area (Å²) in [5.41, 5.74) is -0.576. The van der Waals surface area contributed by atoms with E-state index in [-0.39, 0.29) is 18.3 Å². The van der Waals surface area contributed by atoms with Crippen LogP contribution in [0, 0.1) is 0 Å². The first kappa shape index (κ1) is 39.4. The molecule has 2 rings (SSSR count). The highest BCUT2D eigenvalue weighted by Crippen LogP contribution is 2.69. The Balaban J connectivity index is 2.07. The molecule has 2 amide bonds. The van der Waals surface area contributed by atoms with E-state index < -0.39 is 69.4 Å². The molecule has 0 unspecified atom stereocenters. The van der Waals surface area contributed by atoms with Crippen LogP contribution in [0.15, 0.2) is 36.7 Å². The van der Waals surface area contributed by atoms with Gasteiger partial charge in [-0.15, -0.1) is 0 Å². The van der Waals surface area contributed by atoms with E-state index in [0.29, 0.717) is 38.8 Å². The number of hydrogen-bond acceptors (Lipinski definition) is 9. The number of rotatable bonds is 19. The van der Waals surface area contributed by atoms with Crippen molar-refractivity contribution in [2.24, 2.45) is 0 Å². The van der Waals surface area contributed by atoms with E-state index in [1.807, 2.05) is 0 Å². The fourth-order valence-corrected chi connectivity index (χ4v) is 6.96. The monoisotopic (exact) mass is 699 g/mol. The van der Waals surface area contributed by atoms with Crippen molar-refractivity contribution >= 4 is 33.2 Å². The molecule has 1 aliphatic heterocycles. The number of nitrogens with zero attached hydrogens (tertiary/aromatic N) is 2. The third kappa shape index (κ3) is 11.2. The summed E-state index contributed by atoms with van der Waals surface area (Å²) in [5, 5.41) is 8.31. The van der Waals surface area contributed by atoms with E-state index in [4.69, 9.17) is 9.47 Å². The van der Waals surface area contributed by atoms with Gasteiger partial charge in [0.2, 0.25) is 5.91 Å². The van der Waals surface area contributed by atoms with E-state index in [1.165, 1.54) is 18.3 Å². The fourth-order valence-electron chi connectivity index (χ4n) is 4.71. The molecule has 6 N–H and O–H groups in total. The summed E-state index contributed by atoms with van der Waals surface area (Å²) >= 11 is 0. The van der Waals surface area contributed by atoms with Gasteiger partial charge in [0.25, 0.3) is 5.08 Å². The van der Waals surface area contributed by atoms with Crippen molar-refractivity contribution in [3.05, 3.63) is 42.2 Å². The van der Waals surface area contributed by atoms with E-state index >= 15 is 8.78 Å². The number of esters is 1. The zero-order valence-electron chi connectivity index (χ0n) is 25.2. The Morgan fingerprint density at radius 3 is 2.43 bits per heavy atom. The second-order valence-electron chi connectivity index (χ2n) is 10.6. The maximum atomic E-state index is 15.5. The van der Waals surface area contributed by atoms with Crippen molar-refractivity contribution < 1.29 is 66.4 Å². The van der Waals surface area contributed by atoms with Crippen LogP contribution in [0.5, 0.6) is 0 Å². The molecule has 1 aromatic rings. The molecule has 260 valence electrons. The van der Waals surface area contributed by atoms with Gasteiger partial charge in [0.15, 0.2) is 6.10 Å². The third-order valence-corrected chi connectivity index (χ3v) is 11.1. The van der Waals surface area contributed by atoms with Crippen molar-refractivity contribution in [1.29, 1.82) is 0 Å². The number of carbonyl (C=O) groups is 3. The zero-order chi connectivity index (χ0) is 34.6. The van der Waals surface area contributed by atoms with Crippen LogP contribution in [-0.2, 0) is 34.1 Å². The molecular weight excluding hydrogens is 658 g/mol. The lowest BCUT2D eigenvalue weighted by atomic mass is 10.0. The number of unbranched alkanes of at least 4 members (excludes halogenated alkanes) is 3. The Morgan fingerprint density at radius 1 is 1.15 bits per heavy atom. The summed E-state index contributed by atoms with van der Waals surface area (Å²) in [6.45, 7) is 1.83. The minimum Gasteiger partial charge on any atom is -0.466 e. The lowest BCUT2D eigenvalue weighted by Gasteiger charge is -2.29. The first-order valence-corrected chi connectivity index (χ1v) is 17.9. The van der Waals surface area contributed by atoms with E-state index in [9.17, 15) is 48.2 Å². The quantitative estimate of drug-likeness (QED) is 0.0528. The van der Waals surface area contributed by atoms with Crippen molar-refractivity contribution in [2.75, 3.05) is 19.7 Å². The molecule has 15 nitrogen and oxygen atoms in total. The van der Waals surface area contributed by atoms with E-state index in [2.05, 4.69) is 10.3 Å². The number of likely N-dealkylation sites (tertiary alicyclic amines) is 1. The number of halogens is 2. The summed E-state index contributed by atoms with van der Waals surface area (Å²) in [6.07, 6.45) is 2.74. The standard InChI is InChI=1S/C27H41F2N3O12P2/c1-2-43-24(34)10-5-3-4-6-18-32-21(12-14-23(32)33)11-13-22(27(28,29)20-9-7-16-30-19-20)44-25(35)31-17-8-15-26(36,45(37,38)39)46(40,41)42/h7,9,11,13,16,19,21-22,36H,2-6,8,10,12,14-15,17-18H2,1H3,(H,31,35)(H2,37,38,39)(H2,40,41,42)/t21-,22+/m0/s1. The average molecular weight is 700 g/mol. The maximum absolute atomic E-state index is 15.5. The van der Waals surface area contributed by atoms with Crippen LogP contribution in [0.1, 0.15) is 70.3 Å². The normalized spacial score (nSPS) is 16.9. The highest BCUT2D eigenvalue weighted by molar-refractivity contribution is 7.72. The minimum atomic E-state index is -5.71. The number of pyridine rings is 1. The van der Waals surface area contributed by atoms with Crippen LogP contribution in [0.3, 0.4) is 0 Å². The van der Waals surface area contributed by atoms with Gasteiger partial charge < -0.3 is 44.4 Å². The van der Waals surface area contributed by atoms with Crippen LogP contribution in [0.25, 0.3) is 0 Å². The highest BCUT2D eigenvalue weighted by atomic mass is 31.2. The van der Waals surface area contributed by atoms with Crippen LogP contribution in [-0.4, -0.2) is 89.5 Å². The molecular formula is C27H41F2N3O12P2. The van der Waals surface area contributed by atoms with Gasteiger partial charge in [-0.3, -0.25) is 23.7 Å². The number of aromatic nitrogens is 1. The first-order chi connectivity index (χ1) is 21.4. The molecule has 1 aliphatic rings. The maximum Gasteiger partial charge on any atom is 0.407 e. The second-order valence-corrected chi connectivity index (χ2v) is 14.6. The molecule has 1 saturated heterocycles. The molecule has 46 heavy (non-hydrogen) atoms. The van der Waals surface area contributed by atoms with Gasteiger partial charge in [-0.25, -0.2) is 4.79 Å². The van der Waals surface area contributed by atoms with Crippen molar-refractivity contribution in [3.8, 4) is 0 Å². The largest absolute Gasteiger partial charge is 0.466 e. The molecule has 1 fully saturated rings. The zero-order valence-corrected chi connectivity index (χ0v) is 27.0. The van der Waals surface area contributed by atoms with Gasteiger partial charge in [0.1, 0.15) is 0 Å². The molecule has 0 saturated carbocycles. The Bertz CT molecular complexity index is 1270. The Morgan fingerprint density at radius 2 is 1.83 bits per heavy atom. The third-order valence-electron chi connectivity index (χ3n) is 7.25. The average Bonchev–Trinajstić information content (AvgIpc) is 3.33. The van der Waals surface area contributed by atoms with Crippen molar-refractivity contribution in [1.82, 2.24) is 15.2 Å². The number of hydrogen-bond donors (Lipinski definition) is 6. The molecule has 0 radical (unpaired) electrons. The fraction of sp³-hybridized carbons (Fsp3) is 0.630. The summed E-state index contributed by atoms with van der Waals surface area (Å²) in [4.78, 5) is 78.6. The summed E-state index contributed by atoms with van der Waals surface area (Å²) in [5.74, 6) is -4.24. The van der Waals surface area contributed by atoms with Crippen molar-refractivity contribution in [3.63, 3.8) is 0 Å². The number of carbonyl (C=O) groups excluding carboxylic acids is 3. The topological polar surface area (TPSA) is 233 Å². The van der Waals surface area contributed by atoms with Crippen LogP contribution >= 0.6 is 15.2 Å². The van der Waals surface area contributed by atoms with Gasteiger partial charge in [0.05, 0.1) is 12.6 Å². The molecule has 0 bridgehead atoms. The number of aliphatic hydroxyl groups is 1. The van der Waals surface area contributed by atoms with Crippen LogP contribution in [0.2, 0.25) is 0 Å². The summed E-state index contributed by atoms with van der Waals surface area (Å²) < 4.78 is 64.0. The number of nitrogens with one attached hydrogen (secondary N) is 1. The van der Waals surface area contributed by atoms with E-state index in [0.717, 1.165) is 31.2 Å².